The van der Waals surface area contributed by atoms with E-state index in [1.807, 2.05) is 17.5 Å². The molecule has 3 rings (SSSR count). The van der Waals surface area contributed by atoms with Crippen LogP contribution in [0.4, 0.5) is 5.69 Å². The molecule has 0 aliphatic carbocycles. The lowest BCUT2D eigenvalue weighted by atomic mass is 10.0. The van der Waals surface area contributed by atoms with Gasteiger partial charge in [-0.1, -0.05) is 26.0 Å². The van der Waals surface area contributed by atoms with Crippen LogP contribution in [-0.4, -0.2) is 14.4 Å². The third kappa shape index (κ3) is 2.96. The summed E-state index contributed by atoms with van der Waals surface area (Å²) in [6.45, 7) is 9.18. The zero-order valence-corrected chi connectivity index (χ0v) is 13.6. The van der Waals surface area contributed by atoms with E-state index < -0.39 is 0 Å². The van der Waals surface area contributed by atoms with Crippen LogP contribution in [0.15, 0.2) is 36.5 Å². The van der Waals surface area contributed by atoms with E-state index in [9.17, 15) is 0 Å². The number of benzene rings is 1. The highest BCUT2D eigenvalue weighted by molar-refractivity contribution is 5.46. The van der Waals surface area contributed by atoms with Gasteiger partial charge in [0.1, 0.15) is 0 Å². The summed E-state index contributed by atoms with van der Waals surface area (Å²) in [5.41, 5.74) is 5.62. The van der Waals surface area contributed by atoms with Crippen molar-refractivity contribution >= 4 is 11.5 Å². The Morgan fingerprint density at radius 3 is 2.50 bits per heavy atom. The van der Waals surface area contributed by atoms with Crippen molar-refractivity contribution in [1.82, 2.24) is 14.4 Å². The van der Waals surface area contributed by atoms with Crippen molar-refractivity contribution in [2.24, 2.45) is 0 Å². The molecule has 114 valence electrons. The Morgan fingerprint density at radius 1 is 1.09 bits per heavy atom. The fraction of sp³-hybridized carbons (Fsp3) is 0.333. The van der Waals surface area contributed by atoms with E-state index in [1.165, 1.54) is 5.56 Å². The number of nitrogens with one attached hydrogen (secondary N) is 1. The zero-order chi connectivity index (χ0) is 15.7. The number of hydrogen-bond donors (Lipinski definition) is 1. The van der Waals surface area contributed by atoms with Gasteiger partial charge in [0, 0.05) is 23.3 Å². The molecule has 3 aromatic rings. The Morgan fingerprint density at radius 2 is 1.82 bits per heavy atom. The summed E-state index contributed by atoms with van der Waals surface area (Å²) >= 11 is 0. The zero-order valence-electron chi connectivity index (χ0n) is 13.6. The number of aryl methyl sites for hydroxylation is 2. The van der Waals surface area contributed by atoms with Crippen LogP contribution in [-0.2, 0) is 6.54 Å². The van der Waals surface area contributed by atoms with Crippen molar-refractivity contribution in [2.45, 2.75) is 40.2 Å². The van der Waals surface area contributed by atoms with Gasteiger partial charge >= 0.3 is 0 Å². The quantitative estimate of drug-likeness (QED) is 0.788. The summed E-state index contributed by atoms with van der Waals surface area (Å²) < 4.78 is 2.03. The van der Waals surface area contributed by atoms with Crippen LogP contribution in [0.5, 0.6) is 0 Å². The smallest absolute Gasteiger partial charge is 0.234 e. The summed E-state index contributed by atoms with van der Waals surface area (Å²) in [6.07, 6.45) is 2.05. The van der Waals surface area contributed by atoms with E-state index in [4.69, 9.17) is 0 Å². The van der Waals surface area contributed by atoms with Crippen molar-refractivity contribution in [2.75, 3.05) is 5.32 Å². The lowest BCUT2D eigenvalue weighted by Crippen LogP contribution is -1.99. The molecular weight excluding hydrogens is 272 g/mol. The van der Waals surface area contributed by atoms with E-state index in [-0.39, 0.29) is 0 Å². The first kappa shape index (κ1) is 14.6. The van der Waals surface area contributed by atoms with Crippen molar-refractivity contribution in [3.8, 4) is 0 Å². The summed E-state index contributed by atoms with van der Waals surface area (Å²) in [4.78, 5) is 9.05. The first-order valence-electron chi connectivity index (χ1n) is 7.69. The second-order valence-corrected chi connectivity index (χ2v) is 6.07. The average Bonchev–Trinajstić information content (AvgIpc) is 2.89. The topological polar surface area (TPSA) is 42.2 Å². The number of nitrogens with zero attached hydrogens (tertiary/aromatic N) is 3. The SMILES string of the molecule is Cc1cc(C)n2cc(CNc3ccc(C(C)C)cc3)nc2n1. The first-order valence-corrected chi connectivity index (χ1v) is 7.69. The van der Waals surface area contributed by atoms with Gasteiger partial charge in [0.2, 0.25) is 5.78 Å². The monoisotopic (exact) mass is 294 g/mol. The van der Waals surface area contributed by atoms with E-state index in [0.29, 0.717) is 12.5 Å². The highest BCUT2D eigenvalue weighted by Crippen LogP contribution is 2.17. The number of imidazole rings is 1. The molecule has 0 aliphatic heterocycles. The highest BCUT2D eigenvalue weighted by Gasteiger charge is 2.06. The van der Waals surface area contributed by atoms with Crippen LogP contribution in [0.1, 0.15) is 42.4 Å². The first-order chi connectivity index (χ1) is 10.5. The number of anilines is 1. The normalized spacial score (nSPS) is 11.3. The predicted molar refractivity (Wildman–Crippen MR) is 90.3 cm³/mol. The van der Waals surface area contributed by atoms with Gasteiger partial charge in [0.25, 0.3) is 0 Å². The Labute approximate surface area is 131 Å². The van der Waals surface area contributed by atoms with Crippen molar-refractivity contribution < 1.29 is 0 Å². The second kappa shape index (κ2) is 5.79. The molecular formula is C18H22N4. The molecule has 0 radical (unpaired) electrons. The summed E-state index contributed by atoms with van der Waals surface area (Å²) in [7, 11) is 0. The highest BCUT2D eigenvalue weighted by atomic mass is 15.1. The van der Waals surface area contributed by atoms with Crippen molar-refractivity contribution in [3.63, 3.8) is 0 Å². The maximum atomic E-state index is 4.58. The standard InChI is InChI=1S/C18H22N4/c1-12(2)15-5-7-16(8-6-15)19-10-17-11-22-14(4)9-13(3)20-18(22)21-17/h5-9,11-12,19H,10H2,1-4H3. The average molecular weight is 294 g/mol. The van der Waals surface area contributed by atoms with Gasteiger partial charge in [-0.3, -0.25) is 4.40 Å². The number of fused-ring (bicyclic) bond motifs is 1. The van der Waals surface area contributed by atoms with Crippen LogP contribution in [0.3, 0.4) is 0 Å². The Bertz CT molecular complexity index is 785. The molecule has 2 heterocycles. The third-order valence-electron chi connectivity index (χ3n) is 3.86. The molecule has 0 amide bonds. The Balaban J connectivity index is 1.75. The predicted octanol–water partition coefficient (Wildman–Crippen LogP) is 4.08. The minimum atomic E-state index is 0.560. The molecule has 0 spiro atoms. The number of rotatable bonds is 4. The van der Waals surface area contributed by atoms with Crippen molar-refractivity contribution in [1.29, 1.82) is 0 Å². The fourth-order valence-corrected chi connectivity index (χ4v) is 2.58. The molecule has 1 aromatic carbocycles. The third-order valence-corrected chi connectivity index (χ3v) is 3.86. The van der Waals surface area contributed by atoms with E-state index >= 15 is 0 Å². The molecule has 4 heteroatoms. The molecule has 0 unspecified atom stereocenters. The number of hydrogen-bond acceptors (Lipinski definition) is 3. The van der Waals surface area contributed by atoms with Crippen LogP contribution >= 0.6 is 0 Å². The summed E-state index contributed by atoms with van der Waals surface area (Å²) in [6, 6.07) is 10.7. The minimum Gasteiger partial charge on any atom is -0.379 e. The molecule has 0 atom stereocenters. The van der Waals surface area contributed by atoms with Crippen LogP contribution in [0.25, 0.3) is 5.78 Å². The van der Waals surface area contributed by atoms with Gasteiger partial charge < -0.3 is 5.32 Å². The Hall–Kier alpha value is -2.36. The molecule has 22 heavy (non-hydrogen) atoms. The second-order valence-electron chi connectivity index (χ2n) is 6.07. The molecule has 0 aliphatic rings. The molecule has 0 bridgehead atoms. The van der Waals surface area contributed by atoms with Crippen LogP contribution in [0.2, 0.25) is 0 Å². The maximum Gasteiger partial charge on any atom is 0.234 e. The maximum absolute atomic E-state index is 4.58. The van der Waals surface area contributed by atoms with E-state index in [1.54, 1.807) is 0 Å². The summed E-state index contributed by atoms with van der Waals surface area (Å²) in [5.74, 6) is 1.33. The van der Waals surface area contributed by atoms with E-state index in [0.717, 1.165) is 28.5 Å². The van der Waals surface area contributed by atoms with Gasteiger partial charge in [-0.15, -0.1) is 0 Å². The number of aromatic nitrogens is 3. The minimum absolute atomic E-state index is 0.560. The van der Waals surface area contributed by atoms with Gasteiger partial charge in [-0.05, 0) is 43.5 Å². The molecule has 2 aromatic heterocycles. The van der Waals surface area contributed by atoms with E-state index in [2.05, 4.69) is 66.4 Å². The van der Waals surface area contributed by atoms with Gasteiger partial charge in [-0.2, -0.15) is 0 Å². The Kier molecular flexibility index (Phi) is 3.84. The fourth-order valence-electron chi connectivity index (χ4n) is 2.58. The van der Waals surface area contributed by atoms with Crippen LogP contribution in [0, 0.1) is 13.8 Å². The van der Waals surface area contributed by atoms with Crippen molar-refractivity contribution in [3.05, 3.63) is 59.2 Å². The van der Waals surface area contributed by atoms with Gasteiger partial charge in [-0.25, -0.2) is 9.97 Å². The molecule has 1 N–H and O–H groups in total. The van der Waals surface area contributed by atoms with Gasteiger partial charge in [0.05, 0.1) is 12.2 Å². The largest absolute Gasteiger partial charge is 0.379 e. The summed E-state index contributed by atoms with van der Waals surface area (Å²) in [5, 5.41) is 3.42. The molecule has 4 nitrogen and oxygen atoms in total. The molecule has 0 fully saturated rings. The van der Waals surface area contributed by atoms with Gasteiger partial charge in [0.15, 0.2) is 0 Å². The lowest BCUT2D eigenvalue weighted by molar-refractivity contribution is 0.866. The molecule has 0 saturated carbocycles. The lowest BCUT2D eigenvalue weighted by Gasteiger charge is -2.08. The molecule has 0 saturated heterocycles. The van der Waals surface area contributed by atoms with Crippen LogP contribution < -0.4 is 5.32 Å².